The summed E-state index contributed by atoms with van der Waals surface area (Å²) in [5.74, 6) is 1.23. The van der Waals surface area contributed by atoms with Crippen LogP contribution < -0.4 is 11.1 Å². The van der Waals surface area contributed by atoms with E-state index in [1.54, 1.807) is 0 Å². The fourth-order valence-electron chi connectivity index (χ4n) is 2.53. The SMILES string of the molecule is Cc1nc(N)nc(NCCN2CCCC(CO)C2)c1Cl. The van der Waals surface area contributed by atoms with Crippen LogP contribution in [0.3, 0.4) is 0 Å². The summed E-state index contributed by atoms with van der Waals surface area (Å²) in [6.07, 6.45) is 2.26. The Morgan fingerprint density at radius 3 is 3.05 bits per heavy atom. The smallest absolute Gasteiger partial charge is 0.222 e. The molecule has 0 amide bonds. The van der Waals surface area contributed by atoms with Gasteiger partial charge in [-0.05, 0) is 32.2 Å². The van der Waals surface area contributed by atoms with Crippen LogP contribution in [0, 0.1) is 12.8 Å². The van der Waals surface area contributed by atoms with Crippen molar-refractivity contribution in [2.24, 2.45) is 5.92 Å². The molecule has 1 aliphatic rings. The first-order valence-corrected chi connectivity index (χ1v) is 7.34. The van der Waals surface area contributed by atoms with E-state index in [1.807, 2.05) is 6.92 Å². The van der Waals surface area contributed by atoms with Crippen LogP contribution in [0.25, 0.3) is 0 Å². The van der Waals surface area contributed by atoms with E-state index < -0.39 is 0 Å². The Bertz CT molecular complexity index is 457. The molecule has 0 aliphatic carbocycles. The summed E-state index contributed by atoms with van der Waals surface area (Å²) in [5.41, 5.74) is 6.30. The summed E-state index contributed by atoms with van der Waals surface area (Å²) in [6, 6.07) is 0. The van der Waals surface area contributed by atoms with E-state index in [0.29, 0.717) is 22.5 Å². The molecule has 1 atom stereocenters. The van der Waals surface area contributed by atoms with E-state index >= 15 is 0 Å². The van der Waals surface area contributed by atoms with Crippen molar-refractivity contribution in [3.8, 4) is 0 Å². The first kappa shape index (κ1) is 15.3. The Hall–Kier alpha value is -1.11. The molecule has 1 aromatic heterocycles. The molecule has 20 heavy (non-hydrogen) atoms. The van der Waals surface area contributed by atoms with Crippen molar-refractivity contribution in [1.82, 2.24) is 14.9 Å². The van der Waals surface area contributed by atoms with Crippen LogP contribution in [0.4, 0.5) is 11.8 Å². The van der Waals surface area contributed by atoms with Gasteiger partial charge in [0, 0.05) is 26.2 Å². The van der Waals surface area contributed by atoms with Gasteiger partial charge in [-0.25, -0.2) is 4.98 Å². The number of likely N-dealkylation sites (tertiary alicyclic amines) is 1. The molecule has 6 nitrogen and oxygen atoms in total. The summed E-state index contributed by atoms with van der Waals surface area (Å²) >= 11 is 6.14. The Morgan fingerprint density at radius 1 is 1.50 bits per heavy atom. The zero-order chi connectivity index (χ0) is 14.5. The molecule has 1 aromatic rings. The number of anilines is 2. The monoisotopic (exact) mass is 299 g/mol. The number of aromatic nitrogens is 2. The normalized spacial score (nSPS) is 20.1. The van der Waals surface area contributed by atoms with Crippen LogP contribution in [-0.2, 0) is 0 Å². The third-order valence-corrected chi connectivity index (χ3v) is 4.07. The summed E-state index contributed by atoms with van der Waals surface area (Å²) < 4.78 is 0. The Morgan fingerprint density at radius 2 is 2.30 bits per heavy atom. The van der Waals surface area contributed by atoms with E-state index in [-0.39, 0.29) is 12.6 Å². The van der Waals surface area contributed by atoms with Crippen LogP contribution in [0.5, 0.6) is 0 Å². The van der Waals surface area contributed by atoms with Crippen molar-refractivity contribution >= 4 is 23.4 Å². The molecule has 2 rings (SSSR count). The number of aryl methyl sites for hydroxylation is 1. The number of nitrogens with two attached hydrogens (primary N) is 1. The van der Waals surface area contributed by atoms with Gasteiger partial charge in [0.1, 0.15) is 5.02 Å². The number of nitrogen functional groups attached to an aromatic ring is 1. The first-order valence-electron chi connectivity index (χ1n) is 6.97. The second-order valence-corrected chi connectivity index (χ2v) is 5.63. The number of hydrogen-bond acceptors (Lipinski definition) is 6. The maximum Gasteiger partial charge on any atom is 0.222 e. The standard InChI is InChI=1S/C13H22ClN5O/c1-9-11(14)12(18-13(15)17-9)16-4-6-19-5-2-3-10(7-19)8-20/h10,20H,2-8H2,1H3,(H3,15,16,17,18). The van der Waals surface area contributed by atoms with E-state index in [0.717, 1.165) is 39.0 Å². The van der Waals surface area contributed by atoms with Gasteiger partial charge in [-0.3, -0.25) is 0 Å². The first-order chi connectivity index (χ1) is 9.60. The van der Waals surface area contributed by atoms with Gasteiger partial charge in [0.15, 0.2) is 5.82 Å². The minimum absolute atomic E-state index is 0.229. The molecular weight excluding hydrogens is 278 g/mol. The highest BCUT2D eigenvalue weighted by Crippen LogP contribution is 2.22. The molecule has 1 unspecified atom stereocenters. The molecule has 112 valence electrons. The number of nitrogens with one attached hydrogen (secondary N) is 1. The number of rotatable bonds is 5. The van der Waals surface area contributed by atoms with Crippen LogP contribution in [-0.4, -0.2) is 52.8 Å². The summed E-state index contributed by atoms with van der Waals surface area (Å²) in [6.45, 7) is 5.76. The molecule has 0 radical (unpaired) electrons. The molecule has 0 bridgehead atoms. The third kappa shape index (κ3) is 3.94. The fourth-order valence-corrected chi connectivity index (χ4v) is 2.69. The minimum Gasteiger partial charge on any atom is -0.396 e. The number of halogens is 1. The Balaban J connectivity index is 1.84. The van der Waals surface area contributed by atoms with Crippen molar-refractivity contribution in [2.45, 2.75) is 19.8 Å². The highest BCUT2D eigenvalue weighted by molar-refractivity contribution is 6.33. The number of nitrogens with zero attached hydrogens (tertiary/aromatic N) is 3. The third-order valence-electron chi connectivity index (χ3n) is 3.62. The predicted octanol–water partition coefficient (Wildman–Crippen LogP) is 1.14. The zero-order valence-corrected chi connectivity index (χ0v) is 12.5. The van der Waals surface area contributed by atoms with Crippen molar-refractivity contribution in [1.29, 1.82) is 0 Å². The summed E-state index contributed by atoms with van der Waals surface area (Å²) in [5, 5.41) is 12.9. The second-order valence-electron chi connectivity index (χ2n) is 5.25. The number of piperidine rings is 1. The Kier molecular flexibility index (Phi) is 5.39. The Labute approximate surface area is 124 Å². The minimum atomic E-state index is 0.229. The topological polar surface area (TPSA) is 87.3 Å². The van der Waals surface area contributed by atoms with E-state index in [9.17, 15) is 5.11 Å². The predicted molar refractivity (Wildman–Crippen MR) is 80.9 cm³/mol. The van der Waals surface area contributed by atoms with Gasteiger partial charge in [-0.15, -0.1) is 0 Å². The van der Waals surface area contributed by atoms with Gasteiger partial charge in [-0.1, -0.05) is 11.6 Å². The average Bonchev–Trinajstić information content (AvgIpc) is 2.44. The molecule has 0 aromatic carbocycles. The average molecular weight is 300 g/mol. The molecule has 2 heterocycles. The fraction of sp³-hybridized carbons (Fsp3) is 0.692. The lowest BCUT2D eigenvalue weighted by Crippen LogP contribution is -2.39. The van der Waals surface area contributed by atoms with Gasteiger partial charge in [0.25, 0.3) is 0 Å². The van der Waals surface area contributed by atoms with Gasteiger partial charge >= 0.3 is 0 Å². The number of aliphatic hydroxyl groups excluding tert-OH is 1. The molecular formula is C13H22ClN5O. The summed E-state index contributed by atoms with van der Waals surface area (Å²) in [7, 11) is 0. The van der Waals surface area contributed by atoms with Gasteiger partial charge in [0.2, 0.25) is 5.95 Å². The number of aliphatic hydroxyl groups is 1. The van der Waals surface area contributed by atoms with Crippen molar-refractivity contribution in [2.75, 3.05) is 43.8 Å². The van der Waals surface area contributed by atoms with Gasteiger partial charge in [0.05, 0.1) is 5.69 Å². The maximum absolute atomic E-state index is 9.22. The largest absolute Gasteiger partial charge is 0.396 e. The highest BCUT2D eigenvalue weighted by Gasteiger charge is 2.18. The lowest BCUT2D eigenvalue weighted by Gasteiger charge is -2.31. The van der Waals surface area contributed by atoms with Crippen LogP contribution in [0.2, 0.25) is 5.02 Å². The molecule has 7 heteroatoms. The van der Waals surface area contributed by atoms with Crippen LogP contribution in [0.1, 0.15) is 18.5 Å². The lowest BCUT2D eigenvalue weighted by atomic mass is 9.99. The lowest BCUT2D eigenvalue weighted by molar-refractivity contribution is 0.123. The molecule has 1 saturated heterocycles. The van der Waals surface area contributed by atoms with E-state index in [4.69, 9.17) is 17.3 Å². The van der Waals surface area contributed by atoms with E-state index in [2.05, 4.69) is 20.2 Å². The van der Waals surface area contributed by atoms with E-state index in [1.165, 1.54) is 0 Å². The van der Waals surface area contributed by atoms with Crippen molar-refractivity contribution in [3.63, 3.8) is 0 Å². The highest BCUT2D eigenvalue weighted by atomic mass is 35.5. The molecule has 0 saturated carbocycles. The van der Waals surface area contributed by atoms with Crippen LogP contribution in [0.15, 0.2) is 0 Å². The van der Waals surface area contributed by atoms with Gasteiger partial charge < -0.3 is 21.1 Å². The maximum atomic E-state index is 9.22. The molecule has 0 spiro atoms. The van der Waals surface area contributed by atoms with Crippen molar-refractivity contribution in [3.05, 3.63) is 10.7 Å². The van der Waals surface area contributed by atoms with Crippen molar-refractivity contribution < 1.29 is 5.11 Å². The second kappa shape index (κ2) is 7.06. The molecule has 1 fully saturated rings. The summed E-state index contributed by atoms with van der Waals surface area (Å²) in [4.78, 5) is 10.5. The van der Waals surface area contributed by atoms with Gasteiger partial charge in [-0.2, -0.15) is 4.98 Å². The molecule has 4 N–H and O–H groups in total. The zero-order valence-electron chi connectivity index (χ0n) is 11.8. The van der Waals surface area contributed by atoms with Crippen LogP contribution >= 0.6 is 11.6 Å². The number of hydrogen-bond donors (Lipinski definition) is 3. The molecule has 1 aliphatic heterocycles. The quantitative estimate of drug-likeness (QED) is 0.756.